The van der Waals surface area contributed by atoms with Gasteiger partial charge in [0.2, 0.25) is 10.0 Å². The minimum atomic E-state index is -3.53. The third-order valence-corrected chi connectivity index (χ3v) is 6.22. The first-order chi connectivity index (χ1) is 13.1. The summed E-state index contributed by atoms with van der Waals surface area (Å²) in [7, 11) is -3.53. The van der Waals surface area contributed by atoms with E-state index in [0.29, 0.717) is 6.61 Å². The van der Waals surface area contributed by atoms with Crippen LogP contribution < -0.4 is 9.46 Å². The Hall–Kier alpha value is -1.60. The number of halogens is 1. The minimum Gasteiger partial charge on any atom is -0.493 e. The van der Waals surface area contributed by atoms with Crippen molar-refractivity contribution in [2.24, 2.45) is 0 Å². The number of benzene rings is 2. The quantitative estimate of drug-likeness (QED) is 0.621. The molecule has 0 aliphatic carbocycles. The molecule has 5 nitrogen and oxygen atoms in total. The minimum absolute atomic E-state index is 0. The molecule has 0 atom stereocenters. The van der Waals surface area contributed by atoms with Crippen molar-refractivity contribution in [2.75, 3.05) is 26.2 Å². The number of ether oxygens (including phenoxy) is 1. The molecule has 0 aromatic heterocycles. The van der Waals surface area contributed by atoms with E-state index in [2.05, 4.69) is 9.62 Å². The first kappa shape index (κ1) is 22.7. The smallest absolute Gasteiger partial charge is 0.240 e. The zero-order valence-corrected chi connectivity index (χ0v) is 17.7. The Balaban J connectivity index is 0.00000280. The highest BCUT2D eigenvalue weighted by atomic mass is 35.5. The number of likely N-dealkylation sites (tertiary alicyclic amines) is 1. The van der Waals surface area contributed by atoms with Crippen LogP contribution in [0.4, 0.5) is 0 Å². The van der Waals surface area contributed by atoms with Crippen molar-refractivity contribution in [3.05, 3.63) is 60.2 Å². The van der Waals surface area contributed by atoms with Gasteiger partial charge in [-0.3, -0.25) is 0 Å². The molecular formula is C21H29ClN2O3S. The molecule has 1 saturated heterocycles. The molecule has 1 fully saturated rings. The van der Waals surface area contributed by atoms with Crippen molar-refractivity contribution in [3.8, 4) is 5.75 Å². The van der Waals surface area contributed by atoms with Gasteiger partial charge in [0.1, 0.15) is 5.75 Å². The second-order valence-corrected chi connectivity index (χ2v) is 8.62. The number of nitrogens with one attached hydrogen (secondary N) is 1. The molecular weight excluding hydrogens is 396 g/mol. The Morgan fingerprint density at radius 1 is 0.929 bits per heavy atom. The van der Waals surface area contributed by atoms with Gasteiger partial charge in [-0.25, -0.2) is 13.1 Å². The third-order valence-electron chi connectivity index (χ3n) is 4.80. The summed E-state index contributed by atoms with van der Waals surface area (Å²) in [5, 5.41) is 0. The highest BCUT2D eigenvalue weighted by Crippen LogP contribution is 2.19. The maximum Gasteiger partial charge on any atom is 0.240 e. The second kappa shape index (κ2) is 11.4. The lowest BCUT2D eigenvalue weighted by Crippen LogP contribution is -2.31. The van der Waals surface area contributed by atoms with Crippen LogP contribution in [0.25, 0.3) is 0 Å². The average molecular weight is 425 g/mol. The van der Waals surface area contributed by atoms with Gasteiger partial charge in [0, 0.05) is 18.7 Å². The molecule has 1 heterocycles. The molecule has 1 aliphatic rings. The highest BCUT2D eigenvalue weighted by Gasteiger charge is 2.14. The van der Waals surface area contributed by atoms with E-state index < -0.39 is 10.0 Å². The van der Waals surface area contributed by atoms with Crippen molar-refractivity contribution < 1.29 is 13.2 Å². The van der Waals surface area contributed by atoms with Crippen LogP contribution in [-0.4, -0.2) is 39.6 Å². The fourth-order valence-corrected chi connectivity index (χ4v) is 4.33. The van der Waals surface area contributed by atoms with Crippen LogP contribution in [0.15, 0.2) is 59.5 Å². The Morgan fingerprint density at radius 2 is 1.61 bits per heavy atom. The number of hydrogen-bond donors (Lipinski definition) is 1. The van der Waals surface area contributed by atoms with Crippen LogP contribution in [0.1, 0.15) is 31.2 Å². The van der Waals surface area contributed by atoms with E-state index in [1.165, 1.54) is 32.4 Å². The molecule has 0 radical (unpaired) electrons. The van der Waals surface area contributed by atoms with Gasteiger partial charge >= 0.3 is 0 Å². The first-order valence-electron chi connectivity index (χ1n) is 9.63. The summed E-state index contributed by atoms with van der Waals surface area (Å²) in [5.74, 6) is 0.743. The van der Waals surface area contributed by atoms with Crippen LogP contribution in [0.5, 0.6) is 5.75 Å². The Bertz CT molecular complexity index is 809. The van der Waals surface area contributed by atoms with Crippen LogP contribution in [-0.2, 0) is 16.6 Å². The van der Waals surface area contributed by atoms with Crippen molar-refractivity contribution in [2.45, 2.75) is 37.1 Å². The summed E-state index contributed by atoms with van der Waals surface area (Å²) in [4.78, 5) is 2.76. The third kappa shape index (κ3) is 6.78. The summed E-state index contributed by atoms with van der Waals surface area (Å²) in [6, 6.07) is 16.0. The number of piperidine rings is 1. The summed E-state index contributed by atoms with van der Waals surface area (Å²) in [5.41, 5.74) is 0.843. The highest BCUT2D eigenvalue weighted by molar-refractivity contribution is 7.89. The molecule has 0 saturated carbocycles. The van der Waals surface area contributed by atoms with Crippen molar-refractivity contribution in [1.82, 2.24) is 9.62 Å². The largest absolute Gasteiger partial charge is 0.493 e. The molecule has 1 aliphatic heterocycles. The van der Waals surface area contributed by atoms with Crippen LogP contribution >= 0.6 is 12.4 Å². The van der Waals surface area contributed by atoms with Crippen LogP contribution in [0.2, 0.25) is 0 Å². The van der Waals surface area contributed by atoms with E-state index in [0.717, 1.165) is 24.3 Å². The zero-order chi connectivity index (χ0) is 19.0. The Kier molecular flexibility index (Phi) is 9.25. The summed E-state index contributed by atoms with van der Waals surface area (Å²) < 4.78 is 33.4. The number of rotatable bonds is 9. The molecule has 0 bridgehead atoms. The molecule has 3 rings (SSSR count). The van der Waals surface area contributed by atoms with Crippen molar-refractivity contribution >= 4 is 22.4 Å². The van der Waals surface area contributed by atoms with E-state index in [1.807, 2.05) is 24.3 Å². The summed E-state index contributed by atoms with van der Waals surface area (Å²) in [6.07, 6.45) is 4.92. The molecule has 0 amide bonds. The van der Waals surface area contributed by atoms with E-state index in [9.17, 15) is 8.42 Å². The maximum atomic E-state index is 12.4. The molecule has 0 unspecified atom stereocenters. The van der Waals surface area contributed by atoms with Crippen molar-refractivity contribution in [1.29, 1.82) is 0 Å². The topological polar surface area (TPSA) is 58.6 Å². The first-order valence-corrected chi connectivity index (χ1v) is 11.1. The van der Waals surface area contributed by atoms with Gasteiger partial charge in [0.05, 0.1) is 11.5 Å². The number of hydrogen-bond acceptors (Lipinski definition) is 4. The normalized spacial score (nSPS) is 15.0. The predicted molar refractivity (Wildman–Crippen MR) is 115 cm³/mol. The predicted octanol–water partition coefficient (Wildman–Crippen LogP) is 3.84. The lowest BCUT2D eigenvalue weighted by Gasteiger charge is -2.26. The molecule has 2 aromatic rings. The Labute approximate surface area is 174 Å². The standard InChI is InChI=1S/C21H28N2O3S.ClH/c24-27(25,20-11-3-1-4-12-20)22-18-19-10-5-6-13-21(19)26-17-9-16-23-14-7-2-8-15-23;/h1,3-6,10-13,22H,2,7-9,14-18H2;1H. The molecule has 7 heteroatoms. The van der Waals surface area contributed by atoms with Crippen molar-refractivity contribution in [3.63, 3.8) is 0 Å². The SMILES string of the molecule is Cl.O=S(=O)(NCc1ccccc1OCCCN1CCCCC1)c1ccccc1. The molecule has 1 N–H and O–H groups in total. The zero-order valence-electron chi connectivity index (χ0n) is 16.0. The fourth-order valence-electron chi connectivity index (χ4n) is 3.30. The van der Waals surface area contributed by atoms with Gasteiger partial charge in [-0.1, -0.05) is 42.8 Å². The summed E-state index contributed by atoms with van der Waals surface area (Å²) >= 11 is 0. The van der Waals surface area contributed by atoms with E-state index in [1.54, 1.807) is 30.3 Å². The maximum absolute atomic E-state index is 12.4. The van der Waals surface area contributed by atoms with Gasteiger partial charge in [-0.15, -0.1) is 12.4 Å². The lowest BCUT2D eigenvalue weighted by atomic mass is 10.1. The van der Waals surface area contributed by atoms with Gasteiger partial charge < -0.3 is 9.64 Å². The van der Waals surface area contributed by atoms with Gasteiger partial charge in [0.25, 0.3) is 0 Å². The molecule has 28 heavy (non-hydrogen) atoms. The number of nitrogens with zero attached hydrogens (tertiary/aromatic N) is 1. The van der Waals surface area contributed by atoms with E-state index >= 15 is 0 Å². The number of sulfonamides is 1. The van der Waals surface area contributed by atoms with Gasteiger partial charge in [-0.2, -0.15) is 0 Å². The monoisotopic (exact) mass is 424 g/mol. The van der Waals surface area contributed by atoms with E-state index in [-0.39, 0.29) is 23.8 Å². The number of para-hydroxylation sites is 1. The van der Waals surface area contributed by atoms with Crippen LogP contribution in [0.3, 0.4) is 0 Å². The van der Waals surface area contributed by atoms with E-state index in [4.69, 9.17) is 4.74 Å². The Morgan fingerprint density at radius 3 is 2.36 bits per heavy atom. The average Bonchev–Trinajstić information content (AvgIpc) is 2.72. The van der Waals surface area contributed by atoms with Gasteiger partial charge in [0.15, 0.2) is 0 Å². The molecule has 154 valence electrons. The van der Waals surface area contributed by atoms with Gasteiger partial charge in [-0.05, 0) is 50.6 Å². The lowest BCUT2D eigenvalue weighted by molar-refractivity contribution is 0.204. The fraction of sp³-hybridized carbons (Fsp3) is 0.429. The molecule has 2 aromatic carbocycles. The second-order valence-electron chi connectivity index (χ2n) is 6.85. The summed E-state index contributed by atoms with van der Waals surface area (Å²) in [6.45, 7) is 4.29. The van der Waals surface area contributed by atoms with Crippen LogP contribution in [0, 0.1) is 0 Å². The molecule has 0 spiro atoms.